The summed E-state index contributed by atoms with van der Waals surface area (Å²) in [4.78, 5) is 0. The first-order chi connectivity index (χ1) is 9.13. The maximum absolute atomic E-state index is 5.69. The first-order valence-electron chi connectivity index (χ1n) is 7.42. The number of hydrogen-bond donors (Lipinski definition) is 1. The first kappa shape index (κ1) is 14.5. The summed E-state index contributed by atoms with van der Waals surface area (Å²) >= 11 is 0. The van der Waals surface area contributed by atoms with Crippen LogP contribution in [-0.2, 0) is 11.8 Å². The van der Waals surface area contributed by atoms with Gasteiger partial charge >= 0.3 is 0 Å². The Morgan fingerprint density at radius 3 is 2.79 bits per heavy atom. The zero-order valence-electron chi connectivity index (χ0n) is 12.7. The molecule has 0 amide bonds. The fraction of sp³-hybridized carbons (Fsp3) is 0.800. The fourth-order valence-electron chi connectivity index (χ4n) is 3.15. The average molecular weight is 265 g/mol. The van der Waals surface area contributed by atoms with E-state index in [0.717, 1.165) is 18.7 Å². The lowest BCUT2D eigenvalue weighted by Gasteiger charge is -2.18. The van der Waals surface area contributed by atoms with Gasteiger partial charge in [-0.15, -0.1) is 0 Å². The largest absolute Gasteiger partial charge is 0.378 e. The van der Waals surface area contributed by atoms with Crippen molar-refractivity contribution in [2.24, 2.45) is 7.05 Å². The van der Waals surface area contributed by atoms with Crippen LogP contribution in [0.15, 0.2) is 0 Å². The van der Waals surface area contributed by atoms with Crippen LogP contribution in [-0.4, -0.2) is 29.5 Å². The summed E-state index contributed by atoms with van der Waals surface area (Å²) in [5.74, 6) is 0. The molecule has 1 aromatic heterocycles. The predicted molar refractivity (Wildman–Crippen MR) is 77.3 cm³/mol. The molecule has 2 heterocycles. The van der Waals surface area contributed by atoms with Crippen molar-refractivity contribution in [2.45, 2.75) is 58.1 Å². The van der Waals surface area contributed by atoms with E-state index in [-0.39, 0.29) is 0 Å². The third-order valence-corrected chi connectivity index (χ3v) is 4.30. The van der Waals surface area contributed by atoms with Crippen molar-refractivity contribution in [3.8, 4) is 0 Å². The summed E-state index contributed by atoms with van der Waals surface area (Å²) in [6.45, 7) is 5.22. The molecule has 1 saturated heterocycles. The molecule has 1 N–H and O–H groups in total. The molecular formula is C15H27N3O. The summed E-state index contributed by atoms with van der Waals surface area (Å²) < 4.78 is 7.67. The van der Waals surface area contributed by atoms with E-state index in [9.17, 15) is 0 Å². The Morgan fingerprint density at radius 2 is 2.26 bits per heavy atom. The van der Waals surface area contributed by atoms with E-state index >= 15 is 0 Å². The quantitative estimate of drug-likeness (QED) is 0.859. The third kappa shape index (κ3) is 3.37. The number of aryl methyl sites for hydroxylation is 2. The molecule has 1 aliphatic heterocycles. The Labute approximate surface area is 116 Å². The minimum absolute atomic E-state index is 0.412. The predicted octanol–water partition coefficient (Wildman–Crippen LogP) is 2.65. The normalized spacial score (nSPS) is 20.9. The lowest BCUT2D eigenvalue weighted by Crippen LogP contribution is -2.18. The third-order valence-electron chi connectivity index (χ3n) is 4.30. The standard InChI is InChI=1S/C15H27N3O/c1-11-15(12(2)18(4)17-11)14(16-3)9-5-7-13-8-6-10-19-13/h13-14,16H,5-10H2,1-4H3. The Hall–Kier alpha value is -0.870. The number of rotatable bonds is 6. The van der Waals surface area contributed by atoms with Crippen LogP contribution < -0.4 is 5.32 Å². The van der Waals surface area contributed by atoms with Gasteiger partial charge in [-0.05, 0) is 53.0 Å². The Morgan fingerprint density at radius 1 is 1.47 bits per heavy atom. The molecule has 1 fully saturated rings. The smallest absolute Gasteiger partial charge is 0.0644 e. The molecule has 1 aromatic rings. The van der Waals surface area contributed by atoms with Gasteiger partial charge in [-0.2, -0.15) is 5.10 Å². The van der Waals surface area contributed by atoms with Crippen LogP contribution in [0.5, 0.6) is 0 Å². The molecule has 2 unspecified atom stereocenters. The van der Waals surface area contributed by atoms with Gasteiger partial charge in [0.15, 0.2) is 0 Å². The lowest BCUT2D eigenvalue weighted by molar-refractivity contribution is 0.101. The van der Waals surface area contributed by atoms with Crippen molar-refractivity contribution in [2.75, 3.05) is 13.7 Å². The lowest BCUT2D eigenvalue weighted by atomic mass is 9.98. The van der Waals surface area contributed by atoms with E-state index in [1.165, 1.54) is 36.9 Å². The van der Waals surface area contributed by atoms with Gasteiger partial charge in [-0.25, -0.2) is 0 Å². The SMILES string of the molecule is CNC(CCCC1CCCO1)c1c(C)nn(C)c1C. The van der Waals surface area contributed by atoms with Crippen LogP contribution in [0.3, 0.4) is 0 Å². The molecular weight excluding hydrogens is 238 g/mol. The maximum Gasteiger partial charge on any atom is 0.0644 e. The van der Waals surface area contributed by atoms with Crippen LogP contribution in [0.4, 0.5) is 0 Å². The summed E-state index contributed by atoms with van der Waals surface area (Å²) in [6, 6.07) is 0.412. The van der Waals surface area contributed by atoms with E-state index in [2.05, 4.69) is 24.3 Å². The van der Waals surface area contributed by atoms with Gasteiger partial charge in [0.1, 0.15) is 0 Å². The summed E-state index contributed by atoms with van der Waals surface area (Å²) in [5, 5.41) is 7.96. The van der Waals surface area contributed by atoms with E-state index in [0.29, 0.717) is 12.1 Å². The van der Waals surface area contributed by atoms with E-state index in [4.69, 9.17) is 4.74 Å². The first-order valence-corrected chi connectivity index (χ1v) is 7.42. The second-order valence-electron chi connectivity index (χ2n) is 5.62. The Bertz CT molecular complexity index is 408. The zero-order valence-corrected chi connectivity index (χ0v) is 12.7. The topological polar surface area (TPSA) is 39.1 Å². The number of nitrogens with zero attached hydrogens (tertiary/aromatic N) is 2. The molecule has 0 saturated carbocycles. The molecule has 1 aliphatic rings. The van der Waals surface area contributed by atoms with Gasteiger partial charge in [0.2, 0.25) is 0 Å². The highest BCUT2D eigenvalue weighted by Gasteiger charge is 2.20. The number of hydrogen-bond acceptors (Lipinski definition) is 3. The number of nitrogens with one attached hydrogen (secondary N) is 1. The molecule has 0 radical (unpaired) electrons. The number of ether oxygens (including phenoxy) is 1. The molecule has 2 atom stereocenters. The zero-order chi connectivity index (χ0) is 13.8. The minimum Gasteiger partial charge on any atom is -0.378 e. The van der Waals surface area contributed by atoms with Crippen molar-refractivity contribution >= 4 is 0 Å². The highest BCUT2D eigenvalue weighted by molar-refractivity contribution is 5.28. The van der Waals surface area contributed by atoms with E-state index in [1.54, 1.807) is 0 Å². The van der Waals surface area contributed by atoms with Gasteiger partial charge in [0, 0.05) is 31.0 Å². The average Bonchev–Trinajstić information content (AvgIpc) is 2.97. The van der Waals surface area contributed by atoms with Gasteiger partial charge in [-0.1, -0.05) is 0 Å². The number of aromatic nitrogens is 2. The molecule has 0 bridgehead atoms. The van der Waals surface area contributed by atoms with Crippen LogP contribution in [0.1, 0.15) is 55.1 Å². The van der Waals surface area contributed by atoms with Crippen LogP contribution >= 0.6 is 0 Å². The molecule has 0 aromatic carbocycles. The molecule has 0 aliphatic carbocycles. The summed E-state index contributed by atoms with van der Waals surface area (Å²) in [6.07, 6.45) is 6.55. The van der Waals surface area contributed by atoms with Gasteiger partial charge in [-0.3, -0.25) is 4.68 Å². The fourth-order valence-corrected chi connectivity index (χ4v) is 3.15. The summed E-state index contributed by atoms with van der Waals surface area (Å²) in [7, 11) is 4.06. The van der Waals surface area contributed by atoms with Gasteiger partial charge in [0.25, 0.3) is 0 Å². The van der Waals surface area contributed by atoms with Crippen molar-refractivity contribution in [3.63, 3.8) is 0 Å². The van der Waals surface area contributed by atoms with Gasteiger partial charge in [0.05, 0.1) is 11.8 Å². The van der Waals surface area contributed by atoms with Crippen molar-refractivity contribution in [1.29, 1.82) is 0 Å². The minimum atomic E-state index is 0.412. The molecule has 0 spiro atoms. The highest BCUT2D eigenvalue weighted by Crippen LogP contribution is 2.26. The van der Waals surface area contributed by atoms with Crippen LogP contribution in [0.25, 0.3) is 0 Å². The monoisotopic (exact) mass is 265 g/mol. The molecule has 4 heteroatoms. The van der Waals surface area contributed by atoms with Crippen molar-refractivity contribution < 1.29 is 4.74 Å². The van der Waals surface area contributed by atoms with Crippen molar-refractivity contribution in [1.82, 2.24) is 15.1 Å². The Balaban J connectivity index is 1.91. The molecule has 108 valence electrons. The van der Waals surface area contributed by atoms with E-state index < -0.39 is 0 Å². The highest BCUT2D eigenvalue weighted by atomic mass is 16.5. The summed E-state index contributed by atoms with van der Waals surface area (Å²) in [5.41, 5.74) is 3.79. The second kappa shape index (κ2) is 6.53. The second-order valence-corrected chi connectivity index (χ2v) is 5.62. The van der Waals surface area contributed by atoms with Crippen LogP contribution in [0.2, 0.25) is 0 Å². The maximum atomic E-state index is 5.69. The van der Waals surface area contributed by atoms with Crippen LogP contribution in [0, 0.1) is 13.8 Å². The Kier molecular flexibility index (Phi) is 4.99. The van der Waals surface area contributed by atoms with Crippen molar-refractivity contribution in [3.05, 3.63) is 17.0 Å². The van der Waals surface area contributed by atoms with Gasteiger partial charge < -0.3 is 10.1 Å². The molecule has 4 nitrogen and oxygen atoms in total. The van der Waals surface area contributed by atoms with E-state index in [1.807, 2.05) is 18.8 Å². The molecule has 19 heavy (non-hydrogen) atoms. The molecule has 2 rings (SSSR count).